The fourth-order valence-electron chi connectivity index (χ4n) is 3.09. The summed E-state index contributed by atoms with van der Waals surface area (Å²) in [6, 6.07) is 0. The van der Waals surface area contributed by atoms with Crippen molar-refractivity contribution in [2.45, 2.75) is 60.9 Å². The molecule has 9 N–H and O–H groups in total. The average Bonchev–Trinajstić information content (AvgIpc) is 2.95. The van der Waals surface area contributed by atoms with Gasteiger partial charge < -0.3 is 64.9 Å². The summed E-state index contributed by atoms with van der Waals surface area (Å²) in [5, 5.41) is 87.2. The van der Waals surface area contributed by atoms with E-state index < -0.39 is 93.9 Å². The molecule has 2 saturated heterocycles. The molecule has 0 aliphatic carbocycles. The molecule has 8 unspecified atom stereocenters. The van der Waals surface area contributed by atoms with Crippen LogP contribution >= 0.6 is 0 Å². The molecule has 2 aliphatic heterocycles. The third-order valence-electron chi connectivity index (χ3n) is 4.73. The van der Waals surface area contributed by atoms with Crippen LogP contribution in [-0.2, 0) is 18.9 Å². The Hall–Kier alpha value is -0.520. The number of hydrogen-bond acceptors (Lipinski definition) is 13. The van der Waals surface area contributed by atoms with Crippen LogP contribution in [0.5, 0.6) is 0 Å². The smallest absolute Gasteiger partial charge is 0.222 e. The van der Waals surface area contributed by atoms with E-state index in [0.717, 1.165) is 0 Å². The van der Waals surface area contributed by atoms with Gasteiger partial charge in [0, 0.05) is 0 Å². The van der Waals surface area contributed by atoms with Crippen molar-refractivity contribution >= 4 is 0 Å². The van der Waals surface area contributed by atoms with Crippen LogP contribution < -0.4 is 0 Å². The van der Waals surface area contributed by atoms with Crippen molar-refractivity contribution in [2.75, 3.05) is 33.0 Å². The molecule has 28 heavy (non-hydrogen) atoms. The van der Waals surface area contributed by atoms with E-state index >= 15 is 0 Å². The highest BCUT2D eigenvalue weighted by molar-refractivity contribution is 4.99. The molecule has 0 spiro atoms. The number of aliphatic hydroxyl groups is 9. The molecule has 13 heteroatoms. The van der Waals surface area contributed by atoms with E-state index in [1.165, 1.54) is 0 Å². The zero-order chi connectivity index (χ0) is 21.1. The lowest BCUT2D eigenvalue weighted by molar-refractivity contribution is -0.363. The van der Waals surface area contributed by atoms with E-state index in [4.69, 9.17) is 24.1 Å². The normalized spacial score (nSPS) is 45.3. The van der Waals surface area contributed by atoms with Crippen molar-refractivity contribution < 1.29 is 64.9 Å². The SMILES string of the molecule is OCC(O)COC1OC(CO)[C@H](O[C@@]2(CO)OC(CO)C(O)C2O)C(O)C1O. The lowest BCUT2D eigenvalue weighted by Crippen LogP contribution is -2.64. The van der Waals surface area contributed by atoms with Crippen molar-refractivity contribution in [3.63, 3.8) is 0 Å². The Bertz CT molecular complexity index is 479. The largest absolute Gasteiger partial charge is 0.394 e. The second-order valence-corrected chi connectivity index (χ2v) is 6.70. The maximum atomic E-state index is 10.4. The van der Waals surface area contributed by atoms with Gasteiger partial charge in [0.2, 0.25) is 5.79 Å². The predicted molar refractivity (Wildman–Crippen MR) is 85.5 cm³/mol. The summed E-state index contributed by atoms with van der Waals surface area (Å²) >= 11 is 0. The first kappa shape index (κ1) is 23.8. The third-order valence-corrected chi connectivity index (χ3v) is 4.73. The molecule has 2 aliphatic rings. The van der Waals surface area contributed by atoms with Crippen LogP contribution in [0.2, 0.25) is 0 Å². The van der Waals surface area contributed by atoms with Gasteiger partial charge in [-0.1, -0.05) is 0 Å². The van der Waals surface area contributed by atoms with E-state index in [2.05, 4.69) is 0 Å². The molecule has 2 heterocycles. The third kappa shape index (κ3) is 4.62. The van der Waals surface area contributed by atoms with E-state index in [1.807, 2.05) is 0 Å². The molecule has 13 nitrogen and oxygen atoms in total. The van der Waals surface area contributed by atoms with Gasteiger partial charge in [-0.05, 0) is 0 Å². The molecule has 0 amide bonds. The highest BCUT2D eigenvalue weighted by Crippen LogP contribution is 2.36. The fraction of sp³-hybridized carbons (Fsp3) is 1.00. The van der Waals surface area contributed by atoms with E-state index in [-0.39, 0.29) is 0 Å². The van der Waals surface area contributed by atoms with Crippen LogP contribution in [0.3, 0.4) is 0 Å². The van der Waals surface area contributed by atoms with Gasteiger partial charge >= 0.3 is 0 Å². The van der Waals surface area contributed by atoms with Gasteiger partial charge in [-0.2, -0.15) is 0 Å². The lowest BCUT2D eigenvalue weighted by Gasteiger charge is -2.45. The van der Waals surface area contributed by atoms with Gasteiger partial charge in [-0.25, -0.2) is 0 Å². The molecule has 0 aromatic heterocycles. The Labute approximate surface area is 159 Å². The zero-order valence-electron chi connectivity index (χ0n) is 14.9. The minimum atomic E-state index is -2.25. The Balaban J connectivity index is 2.14. The van der Waals surface area contributed by atoms with Crippen LogP contribution in [0.25, 0.3) is 0 Å². The molecule has 0 aromatic carbocycles. The molecule has 166 valence electrons. The minimum absolute atomic E-state index is 0.429. The van der Waals surface area contributed by atoms with E-state index in [9.17, 15) is 40.9 Å². The van der Waals surface area contributed by atoms with Crippen LogP contribution in [0.4, 0.5) is 0 Å². The molecular formula is C15H28O13. The summed E-state index contributed by atoms with van der Waals surface area (Å²) in [4.78, 5) is 0. The second-order valence-electron chi connectivity index (χ2n) is 6.70. The summed E-state index contributed by atoms with van der Waals surface area (Å²) in [5.74, 6) is -2.25. The first-order valence-corrected chi connectivity index (χ1v) is 8.71. The second kappa shape index (κ2) is 9.99. The summed E-state index contributed by atoms with van der Waals surface area (Å²) in [5.41, 5.74) is 0. The van der Waals surface area contributed by atoms with Gasteiger partial charge in [0.05, 0.1) is 26.4 Å². The molecule has 0 aromatic rings. The number of rotatable bonds is 9. The molecular weight excluding hydrogens is 388 g/mol. The molecule has 0 radical (unpaired) electrons. The van der Waals surface area contributed by atoms with Crippen LogP contribution in [-0.4, -0.2) is 140 Å². The summed E-state index contributed by atoms with van der Waals surface area (Å²) in [7, 11) is 0. The molecule has 2 fully saturated rings. The number of ether oxygens (including phenoxy) is 4. The van der Waals surface area contributed by atoms with Crippen LogP contribution in [0, 0.1) is 0 Å². The van der Waals surface area contributed by atoms with Gasteiger partial charge in [0.1, 0.15) is 55.4 Å². The monoisotopic (exact) mass is 416 g/mol. The summed E-state index contributed by atoms with van der Waals surface area (Å²) in [6.07, 6.45) is -13.8. The lowest BCUT2D eigenvalue weighted by atomic mass is 9.97. The Morgan fingerprint density at radius 3 is 2.04 bits per heavy atom. The first-order chi connectivity index (χ1) is 13.2. The zero-order valence-corrected chi connectivity index (χ0v) is 14.9. The van der Waals surface area contributed by atoms with Crippen molar-refractivity contribution in [1.82, 2.24) is 0 Å². The Morgan fingerprint density at radius 1 is 0.893 bits per heavy atom. The summed E-state index contributed by atoms with van der Waals surface area (Å²) in [6.45, 7) is -3.45. The van der Waals surface area contributed by atoms with Crippen molar-refractivity contribution in [3.8, 4) is 0 Å². The van der Waals surface area contributed by atoms with Gasteiger partial charge in [-0.3, -0.25) is 0 Å². The summed E-state index contributed by atoms with van der Waals surface area (Å²) < 4.78 is 21.1. The van der Waals surface area contributed by atoms with Crippen molar-refractivity contribution in [2.24, 2.45) is 0 Å². The molecule has 10 atom stereocenters. The quantitative estimate of drug-likeness (QED) is 0.171. The first-order valence-electron chi connectivity index (χ1n) is 8.71. The minimum Gasteiger partial charge on any atom is -0.394 e. The molecule has 2 rings (SSSR count). The maximum absolute atomic E-state index is 10.4. The van der Waals surface area contributed by atoms with Crippen molar-refractivity contribution in [1.29, 1.82) is 0 Å². The number of aliphatic hydroxyl groups excluding tert-OH is 9. The molecule has 0 saturated carbocycles. The van der Waals surface area contributed by atoms with Gasteiger partial charge in [0.15, 0.2) is 6.29 Å². The van der Waals surface area contributed by atoms with Gasteiger partial charge in [0.25, 0.3) is 0 Å². The Morgan fingerprint density at radius 2 is 1.54 bits per heavy atom. The number of hydrogen-bond donors (Lipinski definition) is 9. The highest BCUT2D eigenvalue weighted by Gasteiger charge is 2.58. The molecule has 0 bridgehead atoms. The fourth-order valence-corrected chi connectivity index (χ4v) is 3.09. The Kier molecular flexibility index (Phi) is 8.48. The average molecular weight is 416 g/mol. The predicted octanol–water partition coefficient (Wildman–Crippen LogP) is -6.02. The standard InChI is InChI=1S/C15H28O13/c16-1-6(20)4-25-14-11(23)10(22)12(8(3-18)26-14)28-15(5-19)13(24)9(21)7(2-17)27-15/h6-14,16-24H,1-5H2/t6?,7?,8?,9?,10?,11?,12-,13?,14?,15+/m0/s1. The highest BCUT2D eigenvalue weighted by atomic mass is 16.8. The van der Waals surface area contributed by atoms with Gasteiger partial charge in [-0.15, -0.1) is 0 Å². The van der Waals surface area contributed by atoms with E-state index in [0.29, 0.717) is 0 Å². The topological polar surface area (TPSA) is 219 Å². The van der Waals surface area contributed by atoms with Crippen LogP contribution in [0.1, 0.15) is 0 Å². The van der Waals surface area contributed by atoms with Crippen LogP contribution in [0.15, 0.2) is 0 Å². The van der Waals surface area contributed by atoms with E-state index in [1.54, 1.807) is 0 Å². The van der Waals surface area contributed by atoms with Crippen molar-refractivity contribution in [3.05, 3.63) is 0 Å². The maximum Gasteiger partial charge on any atom is 0.222 e.